The van der Waals surface area contributed by atoms with Crippen molar-refractivity contribution < 1.29 is 19.2 Å². The van der Waals surface area contributed by atoms with Gasteiger partial charge in [0, 0.05) is 0 Å². The van der Waals surface area contributed by atoms with Gasteiger partial charge in [0.2, 0.25) is 0 Å². The Bertz CT molecular complexity index is 1350. The summed E-state index contributed by atoms with van der Waals surface area (Å²) in [5.41, 5.74) is 3.64. The molecule has 2 N–H and O–H groups in total. The van der Waals surface area contributed by atoms with Gasteiger partial charge in [-0.05, 0) is 53.9 Å². The number of aromatic nitrogens is 1. The monoisotopic (exact) mass is 397 g/mol. The number of carbonyl (C=O) groups excluding carboxylic acids is 1. The van der Waals surface area contributed by atoms with Crippen molar-refractivity contribution in [3.63, 3.8) is 0 Å². The van der Waals surface area contributed by atoms with Crippen LogP contribution in [0.25, 0.3) is 22.1 Å². The van der Waals surface area contributed by atoms with Crippen LogP contribution in [-0.2, 0) is 0 Å². The molecule has 0 aliphatic rings. The van der Waals surface area contributed by atoms with Gasteiger partial charge in [0.05, 0.1) is 28.3 Å². The van der Waals surface area contributed by atoms with Gasteiger partial charge in [0.1, 0.15) is 0 Å². The van der Waals surface area contributed by atoms with E-state index in [1.165, 1.54) is 18.2 Å². The van der Waals surface area contributed by atoms with Gasteiger partial charge in [-0.2, -0.15) is 5.26 Å². The zero-order chi connectivity index (χ0) is 21.3. The number of amides is 1. The first-order valence-electron chi connectivity index (χ1n) is 9.02. The highest BCUT2D eigenvalue weighted by molar-refractivity contribution is 6.12. The molecule has 1 heterocycles. The summed E-state index contributed by atoms with van der Waals surface area (Å²) >= 11 is 0. The molecule has 7 nitrogen and oxygen atoms in total. The van der Waals surface area contributed by atoms with E-state index in [1.54, 1.807) is 6.07 Å². The van der Waals surface area contributed by atoms with E-state index >= 15 is 0 Å². The summed E-state index contributed by atoms with van der Waals surface area (Å²) in [4.78, 5) is 24.2. The van der Waals surface area contributed by atoms with Gasteiger partial charge in [-0.25, -0.2) is 4.79 Å². The number of carboxylic acids is 1. The number of fused-ring (bicyclic) bond motifs is 1. The zero-order valence-electron chi connectivity index (χ0n) is 15.8. The number of anilines is 1. The average molecular weight is 397 g/mol. The Balaban J connectivity index is 1.68. The van der Waals surface area contributed by atoms with Gasteiger partial charge >= 0.3 is 5.97 Å². The molecule has 146 valence electrons. The number of benzene rings is 3. The highest BCUT2D eigenvalue weighted by Crippen LogP contribution is 2.29. The normalized spacial score (nSPS) is 10.5. The van der Waals surface area contributed by atoms with Crippen molar-refractivity contribution in [3.8, 4) is 17.2 Å². The number of carboxylic acid groups (broad SMARTS) is 1. The van der Waals surface area contributed by atoms with Crippen molar-refractivity contribution in [2.45, 2.75) is 6.92 Å². The van der Waals surface area contributed by atoms with Crippen molar-refractivity contribution in [1.82, 2.24) is 5.16 Å². The summed E-state index contributed by atoms with van der Waals surface area (Å²) in [7, 11) is 0. The summed E-state index contributed by atoms with van der Waals surface area (Å²) in [5.74, 6) is -1.86. The maximum Gasteiger partial charge on any atom is 0.337 e. The van der Waals surface area contributed by atoms with Crippen LogP contribution in [0.1, 0.15) is 32.0 Å². The fraction of sp³-hybridized carbons (Fsp3) is 0.0435. The SMILES string of the molecule is Cc1ccccc1-c1ccc2c(C(=O)Nc3ccc(C#N)cc3C(=O)O)noc2c1. The van der Waals surface area contributed by atoms with Crippen LogP contribution in [0.4, 0.5) is 5.69 Å². The van der Waals surface area contributed by atoms with Crippen molar-refractivity contribution in [1.29, 1.82) is 5.26 Å². The first kappa shape index (κ1) is 18.9. The molecule has 4 aromatic rings. The molecule has 1 amide bonds. The minimum atomic E-state index is -1.25. The fourth-order valence-corrected chi connectivity index (χ4v) is 3.25. The first-order chi connectivity index (χ1) is 14.5. The lowest BCUT2D eigenvalue weighted by molar-refractivity contribution is 0.0698. The Kier molecular flexibility index (Phi) is 4.74. The molecule has 0 saturated carbocycles. The van der Waals surface area contributed by atoms with E-state index in [1.807, 2.05) is 49.4 Å². The largest absolute Gasteiger partial charge is 0.478 e. The van der Waals surface area contributed by atoms with E-state index in [0.717, 1.165) is 16.7 Å². The number of nitriles is 1. The quantitative estimate of drug-likeness (QED) is 0.519. The number of hydrogen-bond donors (Lipinski definition) is 2. The molecule has 1 aromatic heterocycles. The molecule has 3 aromatic carbocycles. The second-order valence-electron chi connectivity index (χ2n) is 6.69. The van der Waals surface area contributed by atoms with Crippen LogP contribution < -0.4 is 5.32 Å². The zero-order valence-corrected chi connectivity index (χ0v) is 15.8. The molecule has 0 spiro atoms. The fourth-order valence-electron chi connectivity index (χ4n) is 3.25. The van der Waals surface area contributed by atoms with E-state index in [9.17, 15) is 14.7 Å². The van der Waals surface area contributed by atoms with E-state index in [0.29, 0.717) is 11.0 Å². The maximum absolute atomic E-state index is 12.7. The third kappa shape index (κ3) is 3.38. The Hall–Kier alpha value is -4.44. The number of nitrogens with one attached hydrogen (secondary N) is 1. The van der Waals surface area contributed by atoms with Crippen molar-refractivity contribution >= 4 is 28.5 Å². The number of aromatic carboxylic acids is 1. The van der Waals surface area contributed by atoms with E-state index in [4.69, 9.17) is 9.78 Å². The molecular weight excluding hydrogens is 382 g/mol. The molecule has 0 aliphatic heterocycles. The maximum atomic E-state index is 12.7. The lowest BCUT2D eigenvalue weighted by Crippen LogP contribution is -2.15. The number of nitrogens with zero attached hydrogens (tertiary/aromatic N) is 2. The molecule has 7 heteroatoms. The second kappa shape index (κ2) is 7.53. The van der Waals surface area contributed by atoms with Crippen molar-refractivity contribution in [2.75, 3.05) is 5.32 Å². The summed E-state index contributed by atoms with van der Waals surface area (Å²) < 4.78 is 5.35. The molecule has 0 saturated heterocycles. The minimum Gasteiger partial charge on any atom is -0.478 e. The van der Waals surface area contributed by atoms with Gasteiger partial charge in [-0.3, -0.25) is 4.79 Å². The van der Waals surface area contributed by atoms with Crippen molar-refractivity contribution in [2.24, 2.45) is 0 Å². The van der Waals surface area contributed by atoms with Gasteiger partial charge in [-0.1, -0.05) is 35.5 Å². The van der Waals surface area contributed by atoms with Crippen LogP contribution in [0, 0.1) is 18.3 Å². The molecule has 30 heavy (non-hydrogen) atoms. The van der Waals surface area contributed by atoms with E-state index in [-0.39, 0.29) is 22.5 Å². The highest BCUT2D eigenvalue weighted by atomic mass is 16.5. The molecule has 0 radical (unpaired) electrons. The Morgan fingerprint density at radius 1 is 1.10 bits per heavy atom. The lowest BCUT2D eigenvalue weighted by atomic mass is 9.99. The van der Waals surface area contributed by atoms with Gasteiger partial charge in [0.15, 0.2) is 11.3 Å². The number of rotatable bonds is 4. The number of carbonyl (C=O) groups is 2. The Morgan fingerprint density at radius 2 is 1.90 bits per heavy atom. The smallest absolute Gasteiger partial charge is 0.337 e. The standard InChI is InChI=1S/C23H15N3O4/c1-13-4-2-3-5-16(13)15-7-8-17-20(11-15)30-26-21(17)22(27)25-19-9-6-14(12-24)10-18(19)23(28)29/h2-11H,1H3,(H,25,27)(H,28,29). The molecule has 0 fully saturated rings. The average Bonchev–Trinajstić information content (AvgIpc) is 3.17. The van der Waals surface area contributed by atoms with Crippen LogP contribution in [0.2, 0.25) is 0 Å². The molecular formula is C23H15N3O4. The summed E-state index contributed by atoms with van der Waals surface area (Å²) in [6.45, 7) is 2.01. The molecule has 0 aliphatic carbocycles. The third-order valence-electron chi connectivity index (χ3n) is 4.77. The van der Waals surface area contributed by atoms with Gasteiger partial charge in [-0.15, -0.1) is 0 Å². The van der Waals surface area contributed by atoms with Crippen LogP contribution in [0.5, 0.6) is 0 Å². The minimum absolute atomic E-state index is 0.0435. The summed E-state index contributed by atoms with van der Waals surface area (Å²) in [6.07, 6.45) is 0. The molecule has 0 atom stereocenters. The Morgan fingerprint density at radius 3 is 2.63 bits per heavy atom. The van der Waals surface area contributed by atoms with E-state index in [2.05, 4.69) is 10.5 Å². The van der Waals surface area contributed by atoms with Crippen molar-refractivity contribution in [3.05, 3.63) is 83.0 Å². The number of hydrogen-bond acceptors (Lipinski definition) is 5. The van der Waals surface area contributed by atoms with Crippen LogP contribution in [-0.4, -0.2) is 22.1 Å². The van der Waals surface area contributed by atoms with Gasteiger partial charge in [0.25, 0.3) is 5.91 Å². The lowest BCUT2D eigenvalue weighted by Gasteiger charge is -2.08. The van der Waals surface area contributed by atoms with E-state index < -0.39 is 11.9 Å². The third-order valence-corrected chi connectivity index (χ3v) is 4.77. The number of aryl methyl sites for hydroxylation is 1. The molecule has 0 bridgehead atoms. The van der Waals surface area contributed by atoms with Crippen LogP contribution in [0.3, 0.4) is 0 Å². The highest BCUT2D eigenvalue weighted by Gasteiger charge is 2.20. The second-order valence-corrected chi connectivity index (χ2v) is 6.69. The predicted octanol–water partition coefficient (Wildman–Crippen LogP) is 4.63. The topological polar surface area (TPSA) is 116 Å². The Labute approximate surface area is 171 Å². The predicted molar refractivity (Wildman–Crippen MR) is 110 cm³/mol. The molecule has 0 unspecified atom stereocenters. The first-order valence-corrected chi connectivity index (χ1v) is 9.02. The van der Waals surface area contributed by atoms with Crippen LogP contribution >= 0.6 is 0 Å². The molecule has 4 rings (SSSR count). The van der Waals surface area contributed by atoms with Crippen LogP contribution in [0.15, 0.2) is 65.2 Å². The van der Waals surface area contributed by atoms with Gasteiger partial charge < -0.3 is 14.9 Å². The summed E-state index contributed by atoms with van der Waals surface area (Å²) in [6, 6.07) is 19.2. The summed E-state index contributed by atoms with van der Waals surface area (Å²) in [5, 5.41) is 25.2.